The Kier molecular flexibility index (Phi) is 16.3. The van der Waals surface area contributed by atoms with E-state index in [0.717, 1.165) is 16.0 Å². The number of phenols is 1. The number of halogens is 1. The molecule has 5 aromatic rings. The number of hydrogen-bond donors (Lipinski definition) is 7. The van der Waals surface area contributed by atoms with Crippen LogP contribution in [-0.2, 0) is 36.9 Å². The molecule has 346 valence electrons. The number of nitrogens with zero attached hydrogens (tertiary/aromatic N) is 3. The van der Waals surface area contributed by atoms with Crippen molar-refractivity contribution in [2.75, 3.05) is 20.2 Å². The van der Waals surface area contributed by atoms with Crippen LogP contribution in [0.1, 0.15) is 60.6 Å². The summed E-state index contributed by atoms with van der Waals surface area (Å²) in [6, 6.07) is 18.8. The van der Waals surface area contributed by atoms with Crippen molar-refractivity contribution in [2.45, 2.75) is 76.4 Å². The Morgan fingerprint density at radius 3 is 2.32 bits per heavy atom. The van der Waals surface area contributed by atoms with Crippen molar-refractivity contribution in [3.63, 3.8) is 0 Å². The van der Waals surface area contributed by atoms with Gasteiger partial charge in [0.05, 0.1) is 18.9 Å². The first-order valence-electron chi connectivity index (χ1n) is 21.5. The zero-order chi connectivity index (χ0) is 47.5. The number of ether oxygens (including phenoxy) is 1. The van der Waals surface area contributed by atoms with Gasteiger partial charge in [0.15, 0.2) is 11.9 Å². The number of carbonyl (C=O) groups is 6. The minimum atomic E-state index is -1.72. The maximum absolute atomic E-state index is 14.7. The summed E-state index contributed by atoms with van der Waals surface area (Å²) < 4.78 is 8.10. The number of nitrogens with one attached hydrogen (secondary N) is 4. The average molecular weight is 920 g/mol. The zero-order valence-electron chi connectivity index (χ0n) is 36.8. The van der Waals surface area contributed by atoms with Crippen LogP contribution in [0.5, 0.6) is 11.5 Å². The van der Waals surface area contributed by atoms with Gasteiger partial charge in [0.1, 0.15) is 36.2 Å². The van der Waals surface area contributed by atoms with Gasteiger partial charge in [0.25, 0.3) is 11.8 Å². The molecule has 17 nitrogen and oxygen atoms in total. The molecule has 2 heterocycles. The summed E-state index contributed by atoms with van der Waals surface area (Å²) in [6.07, 6.45) is 4.42. The molecule has 18 heteroatoms. The molecule has 1 aliphatic rings. The molecular weight excluding hydrogens is 866 g/mol. The van der Waals surface area contributed by atoms with Crippen molar-refractivity contribution in [1.82, 2.24) is 35.7 Å². The van der Waals surface area contributed by atoms with E-state index in [-0.39, 0.29) is 47.7 Å². The number of Topliss-reactive ketones (excluding diaryl/α,β-unsaturated/α-hetero) is 1. The lowest BCUT2D eigenvalue weighted by Crippen LogP contribution is -2.60. The van der Waals surface area contributed by atoms with Gasteiger partial charge in [-0.1, -0.05) is 48.0 Å². The van der Waals surface area contributed by atoms with E-state index in [9.17, 15) is 33.9 Å². The molecule has 0 aliphatic carbocycles. The van der Waals surface area contributed by atoms with E-state index in [1.165, 1.54) is 27.0 Å². The fourth-order valence-electron chi connectivity index (χ4n) is 7.45. The van der Waals surface area contributed by atoms with E-state index >= 15 is 0 Å². The lowest BCUT2D eigenvalue weighted by atomic mass is 9.93. The number of fused-ring (bicyclic) bond motifs is 5. The predicted molar refractivity (Wildman–Crippen MR) is 248 cm³/mol. The molecule has 0 saturated heterocycles. The number of hydrogen-bond acceptors (Lipinski definition) is 11. The number of ketones is 1. The Hall–Kier alpha value is -7.08. The van der Waals surface area contributed by atoms with Crippen molar-refractivity contribution in [3.05, 3.63) is 125 Å². The molecule has 0 spiro atoms. The van der Waals surface area contributed by atoms with Gasteiger partial charge in [-0.2, -0.15) is 0 Å². The average Bonchev–Trinajstić information content (AvgIpc) is 3.83. The number of likely N-dealkylation sites (N-methyl/N-ethyl adjacent to an activating group) is 1. The van der Waals surface area contributed by atoms with E-state index in [4.69, 9.17) is 27.8 Å². The van der Waals surface area contributed by atoms with Gasteiger partial charge in [-0.25, -0.2) is 4.98 Å². The highest BCUT2D eigenvalue weighted by atomic mass is 35.5. The van der Waals surface area contributed by atoms with Crippen molar-refractivity contribution >= 4 is 46.9 Å². The summed E-state index contributed by atoms with van der Waals surface area (Å²) in [6.45, 7) is 3.76. The number of carbonyl (C=O) groups excluding carboxylic acids is 6. The third kappa shape index (κ3) is 12.2. The second-order valence-electron chi connectivity index (χ2n) is 16.1. The highest BCUT2D eigenvalue weighted by Gasteiger charge is 2.36. The maximum Gasteiger partial charge on any atom is 0.258 e. The molecule has 0 fully saturated rings. The predicted octanol–water partition coefficient (Wildman–Crippen LogP) is 3.62. The molecule has 6 rings (SSSR count). The topological polar surface area (TPSA) is 253 Å². The maximum atomic E-state index is 14.7. The highest BCUT2D eigenvalue weighted by Crippen LogP contribution is 2.39. The van der Waals surface area contributed by atoms with E-state index in [2.05, 4.69) is 26.3 Å². The Morgan fingerprint density at radius 2 is 1.65 bits per heavy atom. The summed E-state index contributed by atoms with van der Waals surface area (Å²) in [5, 5.41) is 22.6. The molecule has 1 aliphatic heterocycles. The van der Waals surface area contributed by atoms with Crippen molar-refractivity contribution in [2.24, 2.45) is 11.5 Å². The Bertz CT molecular complexity index is 2540. The molecule has 5 atom stereocenters. The van der Waals surface area contributed by atoms with Crippen LogP contribution in [-0.4, -0.2) is 99.4 Å². The summed E-state index contributed by atoms with van der Waals surface area (Å²) in [5.41, 5.74) is 15.5. The second-order valence-corrected chi connectivity index (χ2v) is 16.5. The van der Waals surface area contributed by atoms with Crippen LogP contribution in [0.15, 0.2) is 104 Å². The minimum Gasteiger partial charge on any atom is -0.507 e. The quantitative estimate of drug-likeness (QED) is 0.0704. The first-order chi connectivity index (χ1) is 31.6. The molecule has 9 N–H and O–H groups in total. The number of amides is 5. The zero-order valence-corrected chi connectivity index (χ0v) is 37.6. The van der Waals surface area contributed by atoms with Gasteiger partial charge in [-0.15, -0.1) is 0 Å². The molecule has 4 aromatic carbocycles. The summed E-state index contributed by atoms with van der Waals surface area (Å²) >= 11 is 6.07. The van der Waals surface area contributed by atoms with Crippen LogP contribution in [0.4, 0.5) is 0 Å². The van der Waals surface area contributed by atoms with Gasteiger partial charge in [-0.3, -0.25) is 28.8 Å². The van der Waals surface area contributed by atoms with Crippen LogP contribution in [0, 0.1) is 0 Å². The normalized spacial score (nSPS) is 17.0. The third-order valence-electron chi connectivity index (χ3n) is 11.3. The van der Waals surface area contributed by atoms with E-state index in [1.54, 1.807) is 85.5 Å². The molecule has 66 heavy (non-hydrogen) atoms. The molecule has 0 radical (unpaired) electrons. The van der Waals surface area contributed by atoms with Crippen LogP contribution in [0.25, 0.3) is 22.3 Å². The summed E-state index contributed by atoms with van der Waals surface area (Å²) in [4.78, 5) is 87.7. The number of rotatable bonds is 16. The Labute approximate surface area is 387 Å². The highest BCUT2D eigenvalue weighted by molar-refractivity contribution is 6.30. The number of aromatic hydroxyl groups is 1. The van der Waals surface area contributed by atoms with Crippen LogP contribution < -0.4 is 37.5 Å². The number of benzene rings is 4. The Morgan fingerprint density at radius 1 is 0.939 bits per heavy atom. The third-order valence-corrected chi connectivity index (χ3v) is 11.6. The molecule has 1 aromatic heterocycles. The van der Waals surface area contributed by atoms with Gasteiger partial charge in [0, 0.05) is 47.6 Å². The lowest BCUT2D eigenvalue weighted by molar-refractivity contribution is -0.142. The van der Waals surface area contributed by atoms with Gasteiger partial charge in [-0.05, 0) is 110 Å². The number of aromatic nitrogens is 2. The van der Waals surface area contributed by atoms with Gasteiger partial charge < -0.3 is 52.0 Å². The van der Waals surface area contributed by atoms with Crippen LogP contribution in [0.3, 0.4) is 0 Å². The first-order valence-corrected chi connectivity index (χ1v) is 21.9. The van der Waals surface area contributed by atoms with Crippen LogP contribution >= 0.6 is 11.6 Å². The van der Waals surface area contributed by atoms with Gasteiger partial charge >= 0.3 is 0 Å². The number of unbranched alkanes of at least 4 members (excludes halogenated alkanes) is 1. The van der Waals surface area contributed by atoms with Crippen molar-refractivity contribution in [3.8, 4) is 33.8 Å². The van der Waals surface area contributed by atoms with Gasteiger partial charge in [0.2, 0.25) is 17.7 Å². The fraction of sp³-hybridized carbons (Fsp3) is 0.312. The second kappa shape index (κ2) is 22.2. The lowest BCUT2D eigenvalue weighted by Gasteiger charge is -2.32. The van der Waals surface area contributed by atoms with E-state index in [1.807, 2.05) is 16.7 Å². The summed E-state index contributed by atoms with van der Waals surface area (Å²) in [7, 11) is 1.40. The fourth-order valence-corrected chi connectivity index (χ4v) is 7.58. The number of imidazole rings is 1. The standard InChI is InChI=1S/C48H54ClN9O8/c1-28(29(2)59)53-45(62)39-25-30-7-17-40(60)36(24-30)37-26-34(14-18-41(37)66-23-22-58-21-20-52-27-58)42(46(63)56-43(51)47(64)55-39)57(3)48(65)38(6-4-5-19-50)54-44(61)33-10-8-31(9-11-33)32-12-15-35(49)16-13-32/h7-18,20-21,24,26-28,38-39,42-43,60H,4-6,19,22-23,25,50-51H2,1-3H3,(H,53,62)(H,54,61)(H,55,64)(H,56,63)/t28-,38-,39-,42?,43+/m0/s1. The monoisotopic (exact) mass is 919 g/mol. The number of nitrogens with two attached hydrogens (primary N) is 2. The molecule has 0 saturated carbocycles. The molecule has 4 bridgehead atoms. The van der Waals surface area contributed by atoms with Crippen molar-refractivity contribution < 1.29 is 38.6 Å². The first kappa shape index (κ1) is 48.4. The molecule has 1 unspecified atom stereocenters. The number of phenolic OH excluding ortho intramolecular Hbond substituents is 1. The SMILES string of the molecule is CC(=O)[C@H](C)NC(=O)[C@@H]1Cc2ccc(O)c(c2)-c2cc(ccc2OCCn2ccnc2)C(N(C)C(=O)[C@H](CCCCN)NC(=O)c2ccc(-c3ccc(Cl)cc3)cc2)C(=O)N[C@@H](N)C(=O)N1. The Balaban J connectivity index is 1.38. The van der Waals surface area contributed by atoms with Crippen LogP contribution in [0.2, 0.25) is 5.02 Å². The largest absolute Gasteiger partial charge is 0.507 e. The summed E-state index contributed by atoms with van der Waals surface area (Å²) in [5.74, 6) is -3.84. The smallest absolute Gasteiger partial charge is 0.258 e. The van der Waals surface area contributed by atoms with Crippen molar-refractivity contribution in [1.29, 1.82) is 0 Å². The van der Waals surface area contributed by atoms with E-state index in [0.29, 0.717) is 47.8 Å². The molecule has 5 amide bonds. The minimum absolute atomic E-state index is 0.101. The molecular formula is C48H54ClN9O8. The van der Waals surface area contributed by atoms with E-state index < -0.39 is 59.9 Å².